The van der Waals surface area contributed by atoms with Gasteiger partial charge in [0.2, 0.25) is 5.88 Å². The van der Waals surface area contributed by atoms with Gasteiger partial charge in [-0.2, -0.15) is 0 Å². The standard InChI is InChI=1S/C36H40FN5O5S/c1-21-17-42(18-22(2)46-21)19-25-13-29(43)11-12-31(25)24-5-4-6-30(14-24)47-36-32(15-26(37)16-38-36)34(44)40-27-7-9-28(10-8-27)41-35(45)33-20-48-23(3)39-33/h4-6,11-16,20-22,27-28,43H,7-10,17-19H2,1-3H3,(H,40,44)(H,41,45)/t21-,22+,27-,28-. The Morgan fingerprint density at radius 2 is 1.73 bits per heavy atom. The molecule has 0 radical (unpaired) electrons. The van der Waals surface area contributed by atoms with Crippen molar-refractivity contribution in [2.24, 2.45) is 0 Å². The van der Waals surface area contributed by atoms with E-state index in [2.05, 4.69) is 39.3 Å². The number of thiazole rings is 1. The molecular formula is C36H40FN5O5S. The minimum Gasteiger partial charge on any atom is -0.508 e. The van der Waals surface area contributed by atoms with Crippen LogP contribution in [0, 0.1) is 12.7 Å². The number of benzene rings is 2. The predicted octanol–water partition coefficient (Wildman–Crippen LogP) is 6.23. The van der Waals surface area contributed by atoms with Gasteiger partial charge in [0.1, 0.15) is 28.6 Å². The van der Waals surface area contributed by atoms with Gasteiger partial charge in [0.25, 0.3) is 11.8 Å². The fourth-order valence-corrected chi connectivity index (χ4v) is 7.12. The predicted molar refractivity (Wildman–Crippen MR) is 181 cm³/mol. The molecule has 1 aliphatic heterocycles. The highest BCUT2D eigenvalue weighted by Gasteiger charge is 2.27. The quantitative estimate of drug-likeness (QED) is 0.191. The van der Waals surface area contributed by atoms with Crippen molar-refractivity contribution in [2.75, 3.05) is 13.1 Å². The molecule has 3 heterocycles. The maximum atomic E-state index is 14.4. The van der Waals surface area contributed by atoms with Gasteiger partial charge >= 0.3 is 0 Å². The molecule has 2 fully saturated rings. The highest BCUT2D eigenvalue weighted by molar-refractivity contribution is 7.09. The van der Waals surface area contributed by atoms with Crippen molar-refractivity contribution >= 4 is 23.2 Å². The molecule has 10 nitrogen and oxygen atoms in total. The zero-order valence-corrected chi connectivity index (χ0v) is 28.1. The summed E-state index contributed by atoms with van der Waals surface area (Å²) in [6.45, 7) is 8.19. The van der Waals surface area contributed by atoms with Crippen molar-refractivity contribution in [3.05, 3.63) is 87.8 Å². The molecule has 252 valence electrons. The number of morpholine rings is 1. The summed E-state index contributed by atoms with van der Waals surface area (Å²) in [5.41, 5.74) is 3.17. The number of phenolic OH excluding ortho intramolecular Hbond substituents is 1. The molecule has 0 spiro atoms. The zero-order valence-electron chi connectivity index (χ0n) is 27.2. The van der Waals surface area contributed by atoms with E-state index < -0.39 is 11.7 Å². The van der Waals surface area contributed by atoms with E-state index >= 15 is 0 Å². The van der Waals surface area contributed by atoms with Crippen LogP contribution in [0.1, 0.15) is 70.9 Å². The number of carbonyl (C=O) groups is 2. The van der Waals surface area contributed by atoms with Crippen molar-refractivity contribution in [1.82, 2.24) is 25.5 Å². The first-order valence-corrected chi connectivity index (χ1v) is 17.1. The van der Waals surface area contributed by atoms with Crippen molar-refractivity contribution in [3.8, 4) is 28.5 Å². The van der Waals surface area contributed by atoms with Gasteiger partial charge in [-0.3, -0.25) is 14.5 Å². The third kappa shape index (κ3) is 8.36. The number of nitrogens with one attached hydrogen (secondary N) is 2. The normalized spacial score (nSPS) is 21.4. The van der Waals surface area contributed by atoms with Crippen LogP contribution in [0.15, 0.2) is 60.1 Å². The van der Waals surface area contributed by atoms with Gasteiger partial charge in [-0.1, -0.05) is 18.2 Å². The van der Waals surface area contributed by atoms with E-state index in [1.807, 2.05) is 31.2 Å². The maximum Gasteiger partial charge on any atom is 0.270 e. The molecule has 12 heteroatoms. The Hall–Kier alpha value is -4.39. The fourth-order valence-electron chi connectivity index (χ4n) is 6.53. The summed E-state index contributed by atoms with van der Waals surface area (Å²) < 4.78 is 26.4. The molecule has 1 saturated heterocycles. The highest BCUT2D eigenvalue weighted by atomic mass is 32.1. The summed E-state index contributed by atoms with van der Waals surface area (Å²) in [6, 6.07) is 13.7. The summed E-state index contributed by atoms with van der Waals surface area (Å²) in [5.74, 6) is -0.705. The third-order valence-corrected chi connectivity index (χ3v) is 9.42. The first-order valence-electron chi connectivity index (χ1n) is 16.3. The lowest BCUT2D eigenvalue weighted by Gasteiger charge is -2.35. The molecule has 2 aromatic carbocycles. The van der Waals surface area contributed by atoms with Crippen LogP contribution in [0.4, 0.5) is 4.39 Å². The zero-order chi connectivity index (χ0) is 33.8. The van der Waals surface area contributed by atoms with E-state index in [1.54, 1.807) is 23.6 Å². The van der Waals surface area contributed by atoms with Gasteiger partial charge < -0.3 is 25.2 Å². The number of halogens is 1. The van der Waals surface area contributed by atoms with Crippen molar-refractivity contribution in [1.29, 1.82) is 0 Å². The number of nitrogens with zero attached hydrogens (tertiary/aromatic N) is 3. The largest absolute Gasteiger partial charge is 0.508 e. The molecule has 48 heavy (non-hydrogen) atoms. The van der Waals surface area contributed by atoms with Gasteiger partial charge in [-0.05, 0) is 93.5 Å². The van der Waals surface area contributed by atoms with Crippen LogP contribution >= 0.6 is 11.3 Å². The van der Waals surface area contributed by atoms with Crippen molar-refractivity contribution < 1.29 is 28.6 Å². The SMILES string of the molecule is Cc1nc(C(=O)N[C@H]2CC[C@H](NC(=O)c3cc(F)cnc3Oc3cccc(-c4ccc(O)cc4CN4C[C@@H](C)O[C@@H](C)C4)c3)CC2)cs1. The van der Waals surface area contributed by atoms with Crippen LogP contribution in [0.5, 0.6) is 17.4 Å². The summed E-state index contributed by atoms with van der Waals surface area (Å²) in [7, 11) is 0. The summed E-state index contributed by atoms with van der Waals surface area (Å²) in [6.07, 6.45) is 3.96. The van der Waals surface area contributed by atoms with Crippen LogP contribution < -0.4 is 15.4 Å². The van der Waals surface area contributed by atoms with Crippen molar-refractivity contribution in [2.45, 2.75) is 77.3 Å². The molecule has 2 aromatic heterocycles. The third-order valence-electron chi connectivity index (χ3n) is 8.65. The number of amides is 2. The van der Waals surface area contributed by atoms with Gasteiger partial charge in [-0.15, -0.1) is 11.3 Å². The van der Waals surface area contributed by atoms with Gasteiger partial charge in [0, 0.05) is 37.1 Å². The lowest BCUT2D eigenvalue weighted by Crippen LogP contribution is -2.44. The Morgan fingerprint density at radius 3 is 2.42 bits per heavy atom. The molecule has 0 unspecified atom stereocenters. The molecule has 6 rings (SSSR count). The number of aryl methyl sites for hydroxylation is 1. The second-order valence-corrected chi connectivity index (χ2v) is 13.7. The topological polar surface area (TPSA) is 126 Å². The second-order valence-electron chi connectivity index (χ2n) is 12.7. The molecular weight excluding hydrogens is 633 g/mol. The van der Waals surface area contributed by atoms with E-state index in [0.29, 0.717) is 43.7 Å². The van der Waals surface area contributed by atoms with Gasteiger partial charge in [0.05, 0.1) is 23.4 Å². The van der Waals surface area contributed by atoms with Crippen molar-refractivity contribution in [3.63, 3.8) is 0 Å². The second kappa shape index (κ2) is 14.8. The van der Waals surface area contributed by atoms with Crippen LogP contribution in [0.25, 0.3) is 11.1 Å². The number of rotatable bonds is 9. The lowest BCUT2D eigenvalue weighted by atomic mass is 9.91. The van der Waals surface area contributed by atoms with E-state index in [0.717, 1.165) is 47.1 Å². The molecule has 2 atom stereocenters. The minimum atomic E-state index is -0.648. The Labute approximate surface area is 283 Å². The number of carbonyl (C=O) groups excluding carboxylic acids is 2. The van der Waals surface area contributed by atoms with Gasteiger partial charge in [0.15, 0.2) is 0 Å². The van der Waals surface area contributed by atoms with E-state index in [1.165, 1.54) is 11.3 Å². The highest BCUT2D eigenvalue weighted by Crippen LogP contribution is 2.33. The number of pyridine rings is 1. The summed E-state index contributed by atoms with van der Waals surface area (Å²) in [5, 5.41) is 18.9. The molecule has 0 bridgehead atoms. The summed E-state index contributed by atoms with van der Waals surface area (Å²) >= 11 is 1.43. The smallest absolute Gasteiger partial charge is 0.270 e. The van der Waals surface area contributed by atoms with Crippen LogP contribution in [-0.2, 0) is 11.3 Å². The number of hydrogen-bond donors (Lipinski definition) is 3. The first kappa shape index (κ1) is 33.5. The Balaban J connectivity index is 1.12. The van der Waals surface area contributed by atoms with E-state index in [4.69, 9.17) is 9.47 Å². The lowest BCUT2D eigenvalue weighted by molar-refractivity contribution is -0.0704. The Kier molecular flexibility index (Phi) is 10.3. The Bertz CT molecular complexity index is 1770. The van der Waals surface area contributed by atoms with Gasteiger partial charge in [-0.25, -0.2) is 14.4 Å². The molecule has 4 aromatic rings. The van der Waals surface area contributed by atoms with Crippen LogP contribution in [0.3, 0.4) is 0 Å². The molecule has 2 aliphatic rings. The van der Waals surface area contributed by atoms with Crippen LogP contribution in [-0.4, -0.2) is 69.2 Å². The van der Waals surface area contributed by atoms with E-state index in [-0.39, 0.29) is 47.4 Å². The van der Waals surface area contributed by atoms with E-state index in [9.17, 15) is 19.1 Å². The molecule has 1 aliphatic carbocycles. The minimum absolute atomic E-state index is 0.00406. The first-order chi connectivity index (χ1) is 23.1. The number of phenols is 1. The van der Waals surface area contributed by atoms with Crippen LogP contribution in [0.2, 0.25) is 0 Å². The molecule has 3 N–H and O–H groups in total. The number of hydrogen-bond acceptors (Lipinski definition) is 9. The molecule has 1 saturated carbocycles. The number of aromatic nitrogens is 2. The average molecular weight is 674 g/mol. The number of aromatic hydroxyl groups is 1. The fraction of sp³-hybridized carbons (Fsp3) is 0.389. The number of ether oxygens (including phenoxy) is 2. The summed E-state index contributed by atoms with van der Waals surface area (Å²) in [4.78, 5) is 36.6. The monoisotopic (exact) mass is 673 g/mol. The Morgan fingerprint density at radius 1 is 1.02 bits per heavy atom. The maximum absolute atomic E-state index is 14.4. The average Bonchev–Trinajstić information content (AvgIpc) is 3.49. The molecule has 2 amide bonds.